The predicted molar refractivity (Wildman–Crippen MR) is 74.0 cm³/mol. The molecule has 0 bridgehead atoms. The zero-order valence-electron chi connectivity index (χ0n) is 11.8. The van der Waals surface area contributed by atoms with Crippen molar-refractivity contribution in [3.63, 3.8) is 0 Å². The summed E-state index contributed by atoms with van der Waals surface area (Å²) < 4.78 is 24.5. The molecule has 0 radical (unpaired) electrons. The van der Waals surface area contributed by atoms with Crippen LogP contribution >= 0.6 is 0 Å². The molecule has 106 valence electrons. The van der Waals surface area contributed by atoms with Gasteiger partial charge in [0.1, 0.15) is 0 Å². The van der Waals surface area contributed by atoms with E-state index < -0.39 is 10.0 Å². The van der Waals surface area contributed by atoms with Gasteiger partial charge in [-0.15, -0.1) is 0 Å². The highest BCUT2D eigenvalue weighted by Crippen LogP contribution is 2.37. The number of nitrogens with one attached hydrogen (secondary N) is 1. The third-order valence-electron chi connectivity index (χ3n) is 4.62. The third kappa shape index (κ3) is 3.25. The minimum Gasteiger partial charge on any atom is -0.311 e. The summed E-state index contributed by atoms with van der Waals surface area (Å²) in [6.45, 7) is 6.01. The van der Waals surface area contributed by atoms with Crippen LogP contribution in [0.3, 0.4) is 0 Å². The molecule has 4 nitrogen and oxygen atoms in total. The molecule has 1 atom stereocenters. The summed E-state index contributed by atoms with van der Waals surface area (Å²) in [6.07, 6.45) is 7.07. The Kier molecular flexibility index (Phi) is 4.04. The summed E-state index contributed by atoms with van der Waals surface area (Å²) >= 11 is 0. The van der Waals surface area contributed by atoms with Crippen molar-refractivity contribution in [3.8, 4) is 0 Å². The van der Waals surface area contributed by atoms with Gasteiger partial charge in [-0.2, -0.15) is 0 Å². The SMILES string of the molecule is CC1(C)CCCC1NC1CCN(S(C)(=O)=O)CC1. The zero-order chi connectivity index (χ0) is 13.4. The maximum Gasteiger partial charge on any atom is 0.211 e. The Labute approximate surface area is 111 Å². The Morgan fingerprint density at radius 1 is 1.17 bits per heavy atom. The van der Waals surface area contributed by atoms with E-state index >= 15 is 0 Å². The molecule has 0 aromatic heterocycles. The smallest absolute Gasteiger partial charge is 0.211 e. The molecule has 1 heterocycles. The van der Waals surface area contributed by atoms with Crippen molar-refractivity contribution in [2.75, 3.05) is 19.3 Å². The molecule has 1 aliphatic carbocycles. The van der Waals surface area contributed by atoms with Crippen molar-refractivity contribution in [2.45, 2.75) is 58.0 Å². The minimum atomic E-state index is -2.99. The lowest BCUT2D eigenvalue weighted by Gasteiger charge is -2.36. The summed E-state index contributed by atoms with van der Waals surface area (Å²) in [5.74, 6) is 0. The van der Waals surface area contributed by atoms with E-state index in [1.54, 1.807) is 4.31 Å². The largest absolute Gasteiger partial charge is 0.311 e. The summed E-state index contributed by atoms with van der Waals surface area (Å²) in [5.41, 5.74) is 0.397. The van der Waals surface area contributed by atoms with Crippen molar-refractivity contribution in [3.05, 3.63) is 0 Å². The third-order valence-corrected chi connectivity index (χ3v) is 5.92. The first-order chi connectivity index (χ1) is 8.29. The lowest BCUT2D eigenvalue weighted by atomic mass is 9.86. The molecule has 1 unspecified atom stereocenters. The molecular weight excluding hydrogens is 248 g/mol. The standard InChI is InChI=1S/C13H26N2O2S/c1-13(2)8-4-5-12(13)14-11-6-9-15(10-7-11)18(3,16)17/h11-12,14H,4-10H2,1-3H3. The number of sulfonamides is 1. The lowest BCUT2D eigenvalue weighted by Crippen LogP contribution is -2.49. The number of rotatable bonds is 3. The van der Waals surface area contributed by atoms with Gasteiger partial charge in [0.25, 0.3) is 0 Å². The van der Waals surface area contributed by atoms with Gasteiger partial charge in [-0.1, -0.05) is 20.3 Å². The van der Waals surface area contributed by atoms with Gasteiger partial charge in [-0.05, 0) is 31.1 Å². The first-order valence-electron chi connectivity index (χ1n) is 7.00. The fraction of sp³-hybridized carbons (Fsp3) is 1.00. The van der Waals surface area contributed by atoms with Crippen molar-refractivity contribution in [2.24, 2.45) is 5.41 Å². The van der Waals surface area contributed by atoms with Gasteiger partial charge >= 0.3 is 0 Å². The second-order valence-electron chi connectivity index (χ2n) is 6.54. The predicted octanol–water partition coefficient (Wildman–Crippen LogP) is 1.58. The van der Waals surface area contributed by atoms with Crippen LogP contribution < -0.4 is 5.32 Å². The molecule has 0 aromatic rings. The Morgan fingerprint density at radius 2 is 1.78 bits per heavy atom. The second-order valence-corrected chi connectivity index (χ2v) is 8.52. The quantitative estimate of drug-likeness (QED) is 0.850. The van der Waals surface area contributed by atoms with Gasteiger partial charge in [-0.3, -0.25) is 0 Å². The van der Waals surface area contributed by atoms with E-state index in [9.17, 15) is 8.42 Å². The molecule has 0 aromatic carbocycles. The van der Waals surface area contributed by atoms with Crippen LogP contribution in [0.1, 0.15) is 46.0 Å². The van der Waals surface area contributed by atoms with Crippen LogP contribution in [0.15, 0.2) is 0 Å². The first kappa shape index (κ1) is 14.3. The molecule has 0 spiro atoms. The number of hydrogen-bond acceptors (Lipinski definition) is 3. The second kappa shape index (κ2) is 5.10. The monoisotopic (exact) mass is 274 g/mol. The molecule has 1 aliphatic heterocycles. The molecule has 1 saturated carbocycles. The van der Waals surface area contributed by atoms with Crippen LogP contribution in [-0.4, -0.2) is 44.2 Å². The molecule has 0 amide bonds. The number of hydrogen-bond donors (Lipinski definition) is 1. The van der Waals surface area contributed by atoms with Crippen LogP contribution in [-0.2, 0) is 10.0 Å². The van der Waals surface area contributed by atoms with Crippen molar-refractivity contribution < 1.29 is 8.42 Å². The Bertz CT molecular complexity index is 384. The lowest BCUT2D eigenvalue weighted by molar-refractivity contribution is 0.218. The van der Waals surface area contributed by atoms with Crippen LogP contribution in [0.5, 0.6) is 0 Å². The fourth-order valence-electron chi connectivity index (χ4n) is 3.27. The van der Waals surface area contributed by atoms with E-state index in [0.29, 0.717) is 30.6 Å². The maximum absolute atomic E-state index is 11.4. The van der Waals surface area contributed by atoms with Crippen LogP contribution in [0.25, 0.3) is 0 Å². The summed E-state index contributed by atoms with van der Waals surface area (Å²) in [5, 5.41) is 3.76. The minimum absolute atomic E-state index is 0.397. The molecule has 18 heavy (non-hydrogen) atoms. The molecular formula is C13H26N2O2S. The van der Waals surface area contributed by atoms with Crippen molar-refractivity contribution in [1.82, 2.24) is 9.62 Å². The maximum atomic E-state index is 11.4. The van der Waals surface area contributed by atoms with Crippen LogP contribution in [0.4, 0.5) is 0 Å². The molecule has 2 aliphatic rings. The number of nitrogens with zero attached hydrogens (tertiary/aromatic N) is 1. The average Bonchev–Trinajstić information content (AvgIpc) is 2.58. The molecule has 1 N–H and O–H groups in total. The van der Waals surface area contributed by atoms with E-state index in [0.717, 1.165) is 12.8 Å². The molecule has 5 heteroatoms. The van der Waals surface area contributed by atoms with Crippen LogP contribution in [0, 0.1) is 5.41 Å². The van der Waals surface area contributed by atoms with E-state index in [1.165, 1.54) is 25.5 Å². The Hall–Kier alpha value is -0.130. The highest BCUT2D eigenvalue weighted by Gasteiger charge is 2.36. The molecule has 2 rings (SSSR count). The van der Waals surface area contributed by atoms with Gasteiger partial charge in [0.05, 0.1) is 6.26 Å². The number of piperidine rings is 1. The van der Waals surface area contributed by atoms with Crippen molar-refractivity contribution >= 4 is 10.0 Å². The normalized spacial score (nSPS) is 30.7. The van der Waals surface area contributed by atoms with Gasteiger partial charge in [0.2, 0.25) is 10.0 Å². The van der Waals surface area contributed by atoms with E-state index in [4.69, 9.17) is 0 Å². The van der Waals surface area contributed by atoms with E-state index in [1.807, 2.05) is 0 Å². The summed E-state index contributed by atoms with van der Waals surface area (Å²) in [7, 11) is -2.99. The van der Waals surface area contributed by atoms with Gasteiger partial charge in [0, 0.05) is 25.2 Å². The van der Waals surface area contributed by atoms with Crippen molar-refractivity contribution in [1.29, 1.82) is 0 Å². The van der Waals surface area contributed by atoms with E-state index in [-0.39, 0.29) is 0 Å². The average molecular weight is 274 g/mol. The zero-order valence-corrected chi connectivity index (χ0v) is 12.6. The molecule has 1 saturated heterocycles. The summed E-state index contributed by atoms with van der Waals surface area (Å²) in [4.78, 5) is 0. The highest BCUT2D eigenvalue weighted by molar-refractivity contribution is 7.88. The molecule has 2 fully saturated rings. The summed E-state index contributed by atoms with van der Waals surface area (Å²) in [6, 6.07) is 1.10. The fourth-order valence-corrected chi connectivity index (χ4v) is 4.15. The van der Waals surface area contributed by atoms with E-state index in [2.05, 4.69) is 19.2 Å². The van der Waals surface area contributed by atoms with Gasteiger partial charge in [-0.25, -0.2) is 12.7 Å². The van der Waals surface area contributed by atoms with Crippen LogP contribution in [0.2, 0.25) is 0 Å². The Morgan fingerprint density at radius 3 is 2.22 bits per heavy atom. The van der Waals surface area contributed by atoms with Gasteiger partial charge in [0.15, 0.2) is 0 Å². The Balaban J connectivity index is 1.84. The van der Waals surface area contributed by atoms with Gasteiger partial charge < -0.3 is 5.32 Å². The first-order valence-corrected chi connectivity index (χ1v) is 8.85. The topological polar surface area (TPSA) is 49.4 Å². The highest BCUT2D eigenvalue weighted by atomic mass is 32.2.